The quantitative estimate of drug-likeness (QED) is 0.388. The highest BCUT2D eigenvalue weighted by molar-refractivity contribution is 5.90. The maximum absolute atomic E-state index is 11.7. The summed E-state index contributed by atoms with van der Waals surface area (Å²) in [4.78, 5) is 11.7. The number of benzene rings is 2. The second-order valence-corrected chi connectivity index (χ2v) is 7.34. The Morgan fingerprint density at radius 3 is 2.38 bits per heavy atom. The normalized spacial score (nSPS) is 17.3. The highest BCUT2D eigenvalue weighted by Gasteiger charge is 2.13. The van der Waals surface area contributed by atoms with Crippen LogP contribution >= 0.6 is 0 Å². The molecule has 0 saturated carbocycles. The van der Waals surface area contributed by atoms with E-state index in [1.54, 1.807) is 0 Å². The van der Waals surface area contributed by atoms with E-state index in [1.807, 2.05) is 31.2 Å². The van der Waals surface area contributed by atoms with Gasteiger partial charge in [0.2, 0.25) is 0 Å². The molecule has 2 nitrogen and oxygen atoms in total. The van der Waals surface area contributed by atoms with Gasteiger partial charge in [-0.25, -0.2) is 4.79 Å². The van der Waals surface area contributed by atoms with E-state index in [0.717, 1.165) is 11.5 Å². The molecule has 0 aliphatic heterocycles. The SMILES string of the molecule is CCOC(=O)c1ccc(/C=C(\C)c2ccc3c(c2)CCC(C)CC3)cc1. The molecule has 0 heterocycles. The van der Waals surface area contributed by atoms with E-state index in [-0.39, 0.29) is 5.97 Å². The number of esters is 1. The molecule has 0 aromatic heterocycles. The van der Waals surface area contributed by atoms with Crippen molar-refractivity contribution in [2.24, 2.45) is 5.92 Å². The van der Waals surface area contributed by atoms with Gasteiger partial charge in [0, 0.05) is 0 Å². The van der Waals surface area contributed by atoms with Gasteiger partial charge < -0.3 is 4.74 Å². The van der Waals surface area contributed by atoms with E-state index in [1.165, 1.54) is 47.9 Å². The summed E-state index contributed by atoms with van der Waals surface area (Å²) >= 11 is 0. The number of fused-ring (bicyclic) bond motifs is 1. The smallest absolute Gasteiger partial charge is 0.338 e. The number of ether oxygens (including phenoxy) is 1. The number of hydrogen-bond acceptors (Lipinski definition) is 2. The third-order valence-electron chi connectivity index (χ3n) is 5.28. The van der Waals surface area contributed by atoms with Crippen molar-refractivity contribution in [3.05, 3.63) is 70.3 Å². The summed E-state index contributed by atoms with van der Waals surface area (Å²) < 4.78 is 5.03. The van der Waals surface area contributed by atoms with Crippen LogP contribution in [0.3, 0.4) is 0 Å². The molecule has 0 fully saturated rings. The van der Waals surface area contributed by atoms with Gasteiger partial charge in [-0.15, -0.1) is 0 Å². The number of aryl methyl sites for hydroxylation is 2. The summed E-state index contributed by atoms with van der Waals surface area (Å²) in [6, 6.07) is 14.5. The summed E-state index contributed by atoms with van der Waals surface area (Å²) in [7, 11) is 0. The molecule has 0 spiro atoms. The van der Waals surface area contributed by atoms with Crippen molar-refractivity contribution >= 4 is 17.6 Å². The van der Waals surface area contributed by atoms with E-state index >= 15 is 0 Å². The summed E-state index contributed by atoms with van der Waals surface area (Å²) in [5.41, 5.74) is 7.25. The van der Waals surface area contributed by atoms with E-state index in [2.05, 4.69) is 38.1 Å². The molecule has 2 aromatic rings. The second kappa shape index (κ2) is 8.35. The predicted octanol–water partition coefficient (Wildman–Crippen LogP) is 5.94. The molecule has 1 aliphatic carbocycles. The van der Waals surface area contributed by atoms with Crippen molar-refractivity contribution in [3.8, 4) is 0 Å². The molecule has 2 heteroatoms. The lowest BCUT2D eigenvalue weighted by molar-refractivity contribution is 0.0526. The van der Waals surface area contributed by atoms with Crippen molar-refractivity contribution in [3.63, 3.8) is 0 Å². The molecule has 1 unspecified atom stereocenters. The van der Waals surface area contributed by atoms with Crippen molar-refractivity contribution < 1.29 is 9.53 Å². The first kappa shape index (κ1) is 18.4. The molecule has 3 rings (SSSR count). The van der Waals surface area contributed by atoms with Crippen LogP contribution in [0.15, 0.2) is 42.5 Å². The average Bonchev–Trinajstić information content (AvgIpc) is 2.84. The molecular formula is C24H28O2. The summed E-state index contributed by atoms with van der Waals surface area (Å²) in [6.07, 6.45) is 7.15. The predicted molar refractivity (Wildman–Crippen MR) is 108 cm³/mol. The lowest BCUT2D eigenvalue weighted by atomic mass is 9.96. The maximum atomic E-state index is 11.7. The molecule has 26 heavy (non-hydrogen) atoms. The Bertz CT molecular complexity index is 799. The minimum atomic E-state index is -0.264. The molecular weight excluding hydrogens is 320 g/mol. The van der Waals surface area contributed by atoms with Gasteiger partial charge in [-0.3, -0.25) is 0 Å². The van der Waals surface area contributed by atoms with E-state index < -0.39 is 0 Å². The molecule has 0 radical (unpaired) electrons. The Morgan fingerprint density at radius 1 is 1.04 bits per heavy atom. The Hall–Kier alpha value is -2.35. The fraction of sp³-hybridized carbons (Fsp3) is 0.375. The van der Waals surface area contributed by atoms with Crippen molar-refractivity contribution in [2.75, 3.05) is 6.61 Å². The van der Waals surface area contributed by atoms with Crippen LogP contribution in [0.1, 0.15) is 66.2 Å². The Morgan fingerprint density at radius 2 is 1.69 bits per heavy atom. The lowest BCUT2D eigenvalue weighted by Gasteiger charge is -2.10. The van der Waals surface area contributed by atoms with E-state index in [9.17, 15) is 4.79 Å². The van der Waals surface area contributed by atoms with Crippen molar-refractivity contribution in [2.45, 2.75) is 46.5 Å². The zero-order chi connectivity index (χ0) is 18.5. The van der Waals surface area contributed by atoms with Crippen LogP contribution in [-0.2, 0) is 17.6 Å². The molecule has 0 amide bonds. The molecule has 0 N–H and O–H groups in total. The van der Waals surface area contributed by atoms with Crippen LogP contribution in [-0.4, -0.2) is 12.6 Å². The summed E-state index contributed by atoms with van der Waals surface area (Å²) in [6.45, 7) is 6.73. The molecule has 0 bridgehead atoms. The van der Waals surface area contributed by atoms with Crippen LogP contribution < -0.4 is 0 Å². The zero-order valence-corrected chi connectivity index (χ0v) is 16.0. The molecule has 136 valence electrons. The highest BCUT2D eigenvalue weighted by Crippen LogP contribution is 2.28. The van der Waals surface area contributed by atoms with Crippen molar-refractivity contribution in [1.29, 1.82) is 0 Å². The summed E-state index contributed by atoms with van der Waals surface area (Å²) in [5.74, 6) is 0.556. The number of rotatable bonds is 4. The summed E-state index contributed by atoms with van der Waals surface area (Å²) in [5, 5.41) is 0. The minimum absolute atomic E-state index is 0.264. The number of carbonyl (C=O) groups excluding carboxylic acids is 1. The third kappa shape index (κ3) is 4.43. The van der Waals surface area contributed by atoms with Crippen LogP contribution in [0.2, 0.25) is 0 Å². The van der Waals surface area contributed by atoms with Gasteiger partial charge in [-0.2, -0.15) is 0 Å². The highest BCUT2D eigenvalue weighted by atomic mass is 16.5. The van der Waals surface area contributed by atoms with Crippen LogP contribution in [0, 0.1) is 5.92 Å². The second-order valence-electron chi connectivity index (χ2n) is 7.34. The number of carbonyl (C=O) groups is 1. The van der Waals surface area contributed by atoms with Gasteiger partial charge in [0.05, 0.1) is 12.2 Å². The largest absolute Gasteiger partial charge is 0.462 e. The fourth-order valence-electron chi connectivity index (χ4n) is 3.56. The molecule has 1 aliphatic rings. The minimum Gasteiger partial charge on any atom is -0.462 e. The van der Waals surface area contributed by atoms with Gasteiger partial charge in [0.25, 0.3) is 0 Å². The van der Waals surface area contributed by atoms with Gasteiger partial charge >= 0.3 is 5.97 Å². The monoisotopic (exact) mass is 348 g/mol. The van der Waals surface area contributed by atoms with Crippen LogP contribution in [0.5, 0.6) is 0 Å². The van der Waals surface area contributed by atoms with Gasteiger partial charge in [-0.1, -0.05) is 43.3 Å². The van der Waals surface area contributed by atoms with Crippen molar-refractivity contribution in [1.82, 2.24) is 0 Å². The standard InChI is InChI=1S/C24H28O2/c1-4-26-24(25)21-11-7-19(8-12-21)15-18(3)22-14-13-20-9-5-17(2)6-10-23(20)16-22/h7-8,11-17H,4-6,9-10H2,1-3H3/b18-15+. The first-order valence-electron chi connectivity index (χ1n) is 9.64. The van der Waals surface area contributed by atoms with E-state index in [4.69, 9.17) is 4.74 Å². The average molecular weight is 348 g/mol. The Labute approximate surface area is 156 Å². The zero-order valence-electron chi connectivity index (χ0n) is 16.0. The fourth-order valence-corrected chi connectivity index (χ4v) is 3.56. The van der Waals surface area contributed by atoms with Crippen LogP contribution in [0.4, 0.5) is 0 Å². The van der Waals surface area contributed by atoms with Gasteiger partial charge in [0.15, 0.2) is 0 Å². The Kier molecular flexibility index (Phi) is 5.92. The van der Waals surface area contributed by atoms with Gasteiger partial charge in [0.1, 0.15) is 0 Å². The number of hydrogen-bond donors (Lipinski definition) is 0. The maximum Gasteiger partial charge on any atom is 0.338 e. The van der Waals surface area contributed by atoms with Crippen LogP contribution in [0.25, 0.3) is 11.6 Å². The number of allylic oxidation sites excluding steroid dienone is 1. The molecule has 1 atom stereocenters. The first-order valence-corrected chi connectivity index (χ1v) is 9.64. The lowest BCUT2D eigenvalue weighted by Crippen LogP contribution is -2.03. The third-order valence-corrected chi connectivity index (χ3v) is 5.28. The van der Waals surface area contributed by atoms with Gasteiger partial charge in [-0.05, 0) is 85.4 Å². The first-order chi connectivity index (χ1) is 12.6. The Balaban J connectivity index is 1.78. The topological polar surface area (TPSA) is 26.3 Å². The molecule has 2 aromatic carbocycles. The molecule has 0 saturated heterocycles. The van der Waals surface area contributed by atoms with E-state index in [0.29, 0.717) is 12.2 Å².